The first-order valence-corrected chi connectivity index (χ1v) is 7.37. The second-order valence-electron chi connectivity index (χ2n) is 7.28. The summed E-state index contributed by atoms with van der Waals surface area (Å²) in [6, 6.07) is 0.274. The molecule has 3 nitrogen and oxygen atoms in total. The summed E-state index contributed by atoms with van der Waals surface area (Å²) in [5.74, 6) is 0.125. The highest BCUT2D eigenvalue weighted by Crippen LogP contribution is 2.39. The summed E-state index contributed by atoms with van der Waals surface area (Å²) in [7, 11) is 0. The molecule has 3 heteroatoms. The van der Waals surface area contributed by atoms with Crippen molar-refractivity contribution in [2.45, 2.75) is 71.4 Å². The Bertz CT molecular complexity index is 308. The summed E-state index contributed by atoms with van der Waals surface area (Å²) < 4.78 is 0. The second-order valence-corrected chi connectivity index (χ2v) is 7.28. The van der Waals surface area contributed by atoms with Crippen LogP contribution in [-0.2, 0) is 4.79 Å². The predicted octanol–water partition coefficient (Wildman–Crippen LogP) is 3.14. The van der Waals surface area contributed by atoms with E-state index in [1.54, 1.807) is 0 Å². The fourth-order valence-corrected chi connectivity index (χ4v) is 3.77. The van der Waals surface area contributed by atoms with Crippen LogP contribution >= 0.6 is 0 Å². The van der Waals surface area contributed by atoms with Crippen LogP contribution in [-0.4, -0.2) is 34.6 Å². The van der Waals surface area contributed by atoms with Gasteiger partial charge in [0.2, 0.25) is 0 Å². The largest absolute Gasteiger partial charge is 0.480 e. The predicted molar refractivity (Wildman–Crippen MR) is 72.6 cm³/mol. The summed E-state index contributed by atoms with van der Waals surface area (Å²) in [5.41, 5.74) is 0.174. The SMILES string of the molecule is CC(C)(C)CN1C(C(=O)O)CCC2CCCCC21. The lowest BCUT2D eigenvalue weighted by molar-refractivity contribution is -0.149. The van der Waals surface area contributed by atoms with Crippen molar-refractivity contribution >= 4 is 5.97 Å². The van der Waals surface area contributed by atoms with Crippen LogP contribution in [0.15, 0.2) is 0 Å². The van der Waals surface area contributed by atoms with E-state index in [0.717, 1.165) is 25.3 Å². The molecule has 0 radical (unpaired) electrons. The van der Waals surface area contributed by atoms with Crippen LogP contribution in [0.2, 0.25) is 0 Å². The van der Waals surface area contributed by atoms with Crippen molar-refractivity contribution in [3.63, 3.8) is 0 Å². The van der Waals surface area contributed by atoms with Gasteiger partial charge in [-0.3, -0.25) is 9.69 Å². The summed E-state index contributed by atoms with van der Waals surface area (Å²) >= 11 is 0. The molecule has 104 valence electrons. The van der Waals surface area contributed by atoms with Crippen molar-refractivity contribution in [1.29, 1.82) is 0 Å². The smallest absolute Gasteiger partial charge is 0.320 e. The zero-order chi connectivity index (χ0) is 13.3. The summed E-state index contributed by atoms with van der Waals surface area (Å²) in [4.78, 5) is 13.8. The van der Waals surface area contributed by atoms with E-state index in [0.29, 0.717) is 6.04 Å². The highest BCUT2D eigenvalue weighted by atomic mass is 16.4. The fourth-order valence-electron chi connectivity index (χ4n) is 3.77. The van der Waals surface area contributed by atoms with Crippen molar-refractivity contribution in [3.05, 3.63) is 0 Å². The number of hydrogen-bond acceptors (Lipinski definition) is 2. The molecule has 18 heavy (non-hydrogen) atoms. The normalized spacial score (nSPS) is 34.1. The van der Waals surface area contributed by atoms with Gasteiger partial charge in [0.15, 0.2) is 0 Å². The quantitative estimate of drug-likeness (QED) is 0.822. The Kier molecular flexibility index (Phi) is 4.00. The van der Waals surface area contributed by atoms with Crippen molar-refractivity contribution < 1.29 is 9.90 Å². The van der Waals surface area contributed by atoms with Crippen LogP contribution in [0.5, 0.6) is 0 Å². The number of carboxylic acids is 1. The van der Waals surface area contributed by atoms with E-state index in [4.69, 9.17) is 0 Å². The van der Waals surface area contributed by atoms with E-state index in [1.165, 1.54) is 25.7 Å². The van der Waals surface area contributed by atoms with E-state index >= 15 is 0 Å². The maximum absolute atomic E-state index is 11.5. The summed E-state index contributed by atoms with van der Waals surface area (Å²) in [6.07, 6.45) is 7.06. The first-order chi connectivity index (χ1) is 8.38. The Morgan fingerprint density at radius 2 is 1.83 bits per heavy atom. The maximum Gasteiger partial charge on any atom is 0.320 e. The minimum atomic E-state index is -0.622. The molecule has 1 aliphatic heterocycles. The van der Waals surface area contributed by atoms with Gasteiger partial charge in [-0.1, -0.05) is 33.6 Å². The van der Waals surface area contributed by atoms with Crippen LogP contribution < -0.4 is 0 Å². The van der Waals surface area contributed by atoms with Crippen LogP contribution in [0.4, 0.5) is 0 Å². The third kappa shape index (κ3) is 3.05. The molecule has 0 aromatic heterocycles. The number of piperidine rings is 1. The third-order valence-corrected chi connectivity index (χ3v) is 4.45. The van der Waals surface area contributed by atoms with Crippen LogP contribution in [0.1, 0.15) is 59.3 Å². The Balaban J connectivity index is 2.16. The van der Waals surface area contributed by atoms with E-state index in [-0.39, 0.29) is 11.5 Å². The van der Waals surface area contributed by atoms with Gasteiger partial charge in [-0.05, 0) is 37.0 Å². The molecule has 0 aromatic carbocycles. The lowest BCUT2D eigenvalue weighted by Crippen LogP contribution is -2.57. The molecule has 1 saturated carbocycles. The number of rotatable bonds is 2. The lowest BCUT2D eigenvalue weighted by atomic mass is 9.75. The molecular formula is C15H27NO2. The Morgan fingerprint density at radius 3 is 2.44 bits per heavy atom. The van der Waals surface area contributed by atoms with Crippen molar-refractivity contribution in [2.24, 2.45) is 11.3 Å². The second kappa shape index (κ2) is 5.20. The average molecular weight is 253 g/mol. The number of nitrogens with zero attached hydrogens (tertiary/aromatic N) is 1. The van der Waals surface area contributed by atoms with Gasteiger partial charge in [0.25, 0.3) is 0 Å². The maximum atomic E-state index is 11.5. The molecule has 0 bridgehead atoms. The molecule has 0 spiro atoms. The fraction of sp³-hybridized carbons (Fsp3) is 0.933. The van der Waals surface area contributed by atoms with E-state index in [9.17, 15) is 9.90 Å². The topological polar surface area (TPSA) is 40.5 Å². The molecule has 2 rings (SSSR count). The zero-order valence-electron chi connectivity index (χ0n) is 12.0. The molecular weight excluding hydrogens is 226 g/mol. The number of carboxylic acid groups (broad SMARTS) is 1. The van der Waals surface area contributed by atoms with Gasteiger partial charge in [-0.25, -0.2) is 0 Å². The van der Waals surface area contributed by atoms with E-state index in [2.05, 4.69) is 25.7 Å². The Labute approximate surface area is 111 Å². The van der Waals surface area contributed by atoms with Gasteiger partial charge < -0.3 is 5.11 Å². The van der Waals surface area contributed by atoms with E-state index < -0.39 is 5.97 Å². The lowest BCUT2D eigenvalue weighted by Gasteiger charge is -2.49. The van der Waals surface area contributed by atoms with Crippen LogP contribution in [0.3, 0.4) is 0 Å². The van der Waals surface area contributed by atoms with Crippen molar-refractivity contribution in [1.82, 2.24) is 4.90 Å². The minimum absolute atomic E-state index is 0.174. The third-order valence-electron chi connectivity index (χ3n) is 4.45. The molecule has 2 fully saturated rings. The first kappa shape index (κ1) is 13.9. The Morgan fingerprint density at radius 1 is 1.17 bits per heavy atom. The molecule has 1 saturated heterocycles. The summed E-state index contributed by atoms with van der Waals surface area (Å²) in [5, 5.41) is 9.45. The van der Waals surface area contributed by atoms with Crippen LogP contribution in [0, 0.1) is 11.3 Å². The number of carbonyl (C=O) groups is 1. The molecule has 0 aromatic rings. The zero-order valence-corrected chi connectivity index (χ0v) is 12.0. The number of aliphatic carboxylic acids is 1. The van der Waals surface area contributed by atoms with E-state index in [1.807, 2.05) is 0 Å². The average Bonchev–Trinajstić information content (AvgIpc) is 2.27. The molecule has 2 aliphatic rings. The highest BCUT2D eigenvalue weighted by Gasteiger charge is 2.42. The van der Waals surface area contributed by atoms with Gasteiger partial charge in [0.1, 0.15) is 6.04 Å². The molecule has 3 unspecified atom stereocenters. The minimum Gasteiger partial charge on any atom is -0.480 e. The molecule has 0 amide bonds. The molecule has 1 heterocycles. The van der Waals surface area contributed by atoms with Gasteiger partial charge >= 0.3 is 5.97 Å². The monoisotopic (exact) mass is 253 g/mol. The summed E-state index contributed by atoms with van der Waals surface area (Å²) in [6.45, 7) is 7.53. The molecule has 3 atom stereocenters. The molecule has 1 N–H and O–H groups in total. The van der Waals surface area contributed by atoms with Crippen molar-refractivity contribution in [2.75, 3.05) is 6.54 Å². The van der Waals surface area contributed by atoms with Gasteiger partial charge in [-0.15, -0.1) is 0 Å². The molecule has 1 aliphatic carbocycles. The standard InChI is InChI=1S/C15H27NO2/c1-15(2,3)10-16-12-7-5-4-6-11(12)8-9-13(16)14(17)18/h11-13H,4-10H2,1-3H3,(H,17,18). The number of hydrogen-bond donors (Lipinski definition) is 1. The van der Waals surface area contributed by atoms with Crippen LogP contribution in [0.25, 0.3) is 0 Å². The first-order valence-electron chi connectivity index (χ1n) is 7.37. The number of fused-ring (bicyclic) bond motifs is 1. The van der Waals surface area contributed by atoms with Gasteiger partial charge in [-0.2, -0.15) is 0 Å². The number of likely N-dealkylation sites (tertiary alicyclic amines) is 1. The Hall–Kier alpha value is -0.570. The van der Waals surface area contributed by atoms with Gasteiger partial charge in [0, 0.05) is 12.6 Å². The highest BCUT2D eigenvalue weighted by molar-refractivity contribution is 5.73. The van der Waals surface area contributed by atoms with Crippen molar-refractivity contribution in [3.8, 4) is 0 Å². The van der Waals surface area contributed by atoms with Gasteiger partial charge in [0.05, 0.1) is 0 Å².